The highest BCUT2D eigenvalue weighted by Gasteiger charge is 2.37. The Bertz CT molecular complexity index is 269. The Morgan fingerprint density at radius 1 is 1.18 bits per heavy atom. The van der Waals surface area contributed by atoms with Crippen molar-refractivity contribution in [2.24, 2.45) is 5.92 Å². The van der Waals surface area contributed by atoms with Gasteiger partial charge in [-0.1, -0.05) is 12.8 Å². The molecule has 4 heteroatoms. The number of nitrogens with zero attached hydrogens (tertiary/aromatic N) is 1. The molecular formula is C13H23NO3. The van der Waals surface area contributed by atoms with Crippen LogP contribution >= 0.6 is 0 Å². The first-order valence-electron chi connectivity index (χ1n) is 6.76. The molecule has 2 rings (SSSR count). The van der Waals surface area contributed by atoms with Crippen molar-refractivity contribution in [3.63, 3.8) is 0 Å². The number of methoxy groups -OCH3 is 1. The Morgan fingerprint density at radius 3 is 2.59 bits per heavy atom. The minimum Gasteiger partial charge on any atom is -0.453 e. The summed E-state index contributed by atoms with van der Waals surface area (Å²) in [5.41, 5.74) is 0. The molecule has 0 aromatic heterocycles. The van der Waals surface area contributed by atoms with Crippen LogP contribution in [0.2, 0.25) is 0 Å². The van der Waals surface area contributed by atoms with Gasteiger partial charge in [0, 0.05) is 18.5 Å². The van der Waals surface area contributed by atoms with Crippen LogP contribution in [0, 0.1) is 5.92 Å². The quantitative estimate of drug-likeness (QED) is 0.765. The maximum atomic E-state index is 11.7. The van der Waals surface area contributed by atoms with Gasteiger partial charge in [0.15, 0.2) is 0 Å². The van der Waals surface area contributed by atoms with Crippen molar-refractivity contribution in [1.29, 1.82) is 0 Å². The molecule has 2 aliphatic rings. The molecule has 0 aromatic carbocycles. The molecule has 1 amide bonds. The zero-order valence-corrected chi connectivity index (χ0v) is 10.6. The first kappa shape index (κ1) is 12.7. The standard InChI is InChI=1S/C13H23NO3/c1-17-13(16)14-9-5-4-7-11(14)10-6-2-3-8-12(10)15/h10-12,15H,2-9H2,1H3. The van der Waals surface area contributed by atoms with Gasteiger partial charge in [-0.2, -0.15) is 0 Å². The normalized spacial score (nSPS) is 34.5. The lowest BCUT2D eigenvalue weighted by molar-refractivity contribution is -0.00316. The largest absolute Gasteiger partial charge is 0.453 e. The van der Waals surface area contributed by atoms with Crippen LogP contribution < -0.4 is 0 Å². The first-order chi connectivity index (χ1) is 8.24. The van der Waals surface area contributed by atoms with E-state index in [1.54, 1.807) is 0 Å². The van der Waals surface area contributed by atoms with Gasteiger partial charge in [-0.15, -0.1) is 0 Å². The van der Waals surface area contributed by atoms with Gasteiger partial charge in [-0.25, -0.2) is 4.79 Å². The van der Waals surface area contributed by atoms with Crippen molar-refractivity contribution in [2.45, 2.75) is 57.1 Å². The molecule has 1 N–H and O–H groups in total. The van der Waals surface area contributed by atoms with E-state index in [0.29, 0.717) is 0 Å². The van der Waals surface area contributed by atoms with Gasteiger partial charge in [0.1, 0.15) is 0 Å². The van der Waals surface area contributed by atoms with Crippen LogP contribution in [0.3, 0.4) is 0 Å². The molecule has 1 aliphatic heterocycles. The number of aliphatic hydroxyl groups is 1. The van der Waals surface area contributed by atoms with E-state index in [2.05, 4.69) is 0 Å². The number of amides is 1. The van der Waals surface area contributed by atoms with E-state index in [4.69, 9.17) is 4.74 Å². The van der Waals surface area contributed by atoms with Crippen molar-refractivity contribution in [2.75, 3.05) is 13.7 Å². The monoisotopic (exact) mass is 241 g/mol. The van der Waals surface area contributed by atoms with Gasteiger partial charge in [0.2, 0.25) is 0 Å². The summed E-state index contributed by atoms with van der Waals surface area (Å²) in [6.07, 6.45) is 6.96. The van der Waals surface area contributed by atoms with Crippen LogP contribution in [-0.4, -0.2) is 41.9 Å². The number of piperidine rings is 1. The lowest BCUT2D eigenvalue weighted by Gasteiger charge is -2.42. The maximum absolute atomic E-state index is 11.7. The smallest absolute Gasteiger partial charge is 0.409 e. The van der Waals surface area contributed by atoms with Gasteiger partial charge >= 0.3 is 6.09 Å². The van der Waals surface area contributed by atoms with Gasteiger partial charge in [-0.05, 0) is 32.1 Å². The zero-order valence-electron chi connectivity index (χ0n) is 10.6. The lowest BCUT2D eigenvalue weighted by Crippen LogP contribution is -2.51. The molecule has 4 nitrogen and oxygen atoms in total. The maximum Gasteiger partial charge on any atom is 0.409 e. The van der Waals surface area contributed by atoms with Crippen molar-refractivity contribution in [3.8, 4) is 0 Å². The van der Waals surface area contributed by atoms with Crippen molar-refractivity contribution < 1.29 is 14.6 Å². The summed E-state index contributed by atoms with van der Waals surface area (Å²) >= 11 is 0. The molecule has 0 bridgehead atoms. The van der Waals surface area contributed by atoms with E-state index in [0.717, 1.165) is 45.1 Å². The molecule has 1 aliphatic carbocycles. The number of hydrogen-bond donors (Lipinski definition) is 1. The third-order valence-electron chi connectivity index (χ3n) is 4.23. The van der Waals surface area contributed by atoms with E-state index >= 15 is 0 Å². The SMILES string of the molecule is COC(=O)N1CCCCC1C1CCCCC1O. The first-order valence-corrected chi connectivity index (χ1v) is 6.76. The predicted molar refractivity (Wildman–Crippen MR) is 64.7 cm³/mol. The molecule has 0 spiro atoms. The molecule has 17 heavy (non-hydrogen) atoms. The summed E-state index contributed by atoms with van der Waals surface area (Å²) in [4.78, 5) is 13.6. The highest BCUT2D eigenvalue weighted by Crippen LogP contribution is 2.34. The Labute approximate surface area is 103 Å². The van der Waals surface area contributed by atoms with Gasteiger partial charge < -0.3 is 14.7 Å². The zero-order chi connectivity index (χ0) is 12.3. The highest BCUT2D eigenvalue weighted by atomic mass is 16.5. The Hall–Kier alpha value is -0.770. The number of aliphatic hydroxyl groups excluding tert-OH is 1. The second kappa shape index (κ2) is 5.71. The van der Waals surface area contributed by atoms with Gasteiger partial charge in [0.05, 0.1) is 13.2 Å². The molecule has 1 heterocycles. The Kier molecular flexibility index (Phi) is 4.26. The van der Waals surface area contributed by atoms with E-state index in [-0.39, 0.29) is 24.2 Å². The molecule has 2 fully saturated rings. The van der Waals surface area contributed by atoms with Crippen LogP contribution in [0.4, 0.5) is 4.79 Å². The van der Waals surface area contributed by atoms with Crippen LogP contribution in [0.1, 0.15) is 44.9 Å². The third-order valence-corrected chi connectivity index (χ3v) is 4.23. The van der Waals surface area contributed by atoms with Crippen molar-refractivity contribution in [3.05, 3.63) is 0 Å². The Morgan fingerprint density at radius 2 is 1.88 bits per heavy atom. The summed E-state index contributed by atoms with van der Waals surface area (Å²) in [6.45, 7) is 0.778. The van der Waals surface area contributed by atoms with Gasteiger partial charge in [0.25, 0.3) is 0 Å². The fraction of sp³-hybridized carbons (Fsp3) is 0.923. The molecule has 3 atom stereocenters. The number of rotatable bonds is 1. The fourth-order valence-electron chi connectivity index (χ4n) is 3.34. The average molecular weight is 241 g/mol. The molecule has 1 saturated carbocycles. The summed E-state index contributed by atoms with van der Waals surface area (Å²) in [5, 5.41) is 10.1. The second-order valence-corrected chi connectivity index (χ2v) is 5.24. The van der Waals surface area contributed by atoms with Crippen LogP contribution in [0.25, 0.3) is 0 Å². The topological polar surface area (TPSA) is 49.8 Å². The second-order valence-electron chi connectivity index (χ2n) is 5.24. The minimum atomic E-state index is -0.237. The van der Waals surface area contributed by atoms with Gasteiger partial charge in [-0.3, -0.25) is 0 Å². The molecule has 0 radical (unpaired) electrons. The van der Waals surface area contributed by atoms with Crippen molar-refractivity contribution >= 4 is 6.09 Å². The van der Waals surface area contributed by atoms with E-state index < -0.39 is 0 Å². The summed E-state index contributed by atoms with van der Waals surface area (Å²) in [5.74, 6) is 0.253. The molecular weight excluding hydrogens is 218 g/mol. The highest BCUT2D eigenvalue weighted by molar-refractivity contribution is 5.68. The van der Waals surface area contributed by atoms with E-state index in [1.165, 1.54) is 13.5 Å². The van der Waals surface area contributed by atoms with Crippen LogP contribution in [0.5, 0.6) is 0 Å². The number of likely N-dealkylation sites (tertiary alicyclic amines) is 1. The predicted octanol–water partition coefficient (Wildman–Crippen LogP) is 2.16. The minimum absolute atomic E-state index is 0.187. The molecule has 98 valence electrons. The number of carbonyl (C=O) groups excluding carboxylic acids is 1. The Balaban J connectivity index is 2.06. The number of carbonyl (C=O) groups is 1. The lowest BCUT2D eigenvalue weighted by atomic mass is 9.78. The van der Waals surface area contributed by atoms with Crippen LogP contribution in [0.15, 0.2) is 0 Å². The average Bonchev–Trinajstić information content (AvgIpc) is 2.38. The molecule has 3 unspecified atom stereocenters. The fourth-order valence-corrected chi connectivity index (χ4v) is 3.34. The summed E-state index contributed by atoms with van der Waals surface area (Å²) < 4.78 is 4.85. The third kappa shape index (κ3) is 2.73. The number of ether oxygens (including phenoxy) is 1. The summed E-state index contributed by atoms with van der Waals surface area (Å²) in [7, 11) is 1.44. The van der Waals surface area contributed by atoms with E-state index in [9.17, 15) is 9.90 Å². The van der Waals surface area contributed by atoms with Crippen molar-refractivity contribution in [1.82, 2.24) is 4.90 Å². The molecule has 1 saturated heterocycles. The molecule has 0 aromatic rings. The van der Waals surface area contributed by atoms with Crippen LogP contribution in [-0.2, 0) is 4.74 Å². The summed E-state index contributed by atoms with van der Waals surface area (Å²) in [6, 6.07) is 0.187. The number of hydrogen-bond acceptors (Lipinski definition) is 3. The van der Waals surface area contributed by atoms with E-state index in [1.807, 2.05) is 4.90 Å².